The third kappa shape index (κ3) is 5.99. The molecule has 0 radical (unpaired) electrons. The standard InChI is InChI=1S/C28H32O15/c1-10-21(32)23(34)25(36)27(40-10)39-9-19-22(33)24(35)26(37)28(43-19)41-12-6-14(30)20-15(31)8-17(42-18(20)7-12)11-3-4-16(38-2)13(29)5-11/h3-8,10,19,21-30,32-37H,9H2,1-2H3/t10-,19+,21+,22+,23+,24+,25-,26-,27+,28-/m0/s1. The van der Waals surface area contributed by atoms with Gasteiger partial charge in [-0.25, -0.2) is 0 Å². The molecule has 0 unspecified atom stereocenters. The van der Waals surface area contributed by atoms with Crippen molar-refractivity contribution in [3.05, 3.63) is 46.6 Å². The van der Waals surface area contributed by atoms with Crippen LogP contribution in [0.1, 0.15) is 6.92 Å². The first kappa shape index (κ1) is 30.9. The van der Waals surface area contributed by atoms with Crippen molar-refractivity contribution in [3.63, 3.8) is 0 Å². The summed E-state index contributed by atoms with van der Waals surface area (Å²) in [4.78, 5) is 12.8. The minimum Gasteiger partial charge on any atom is -0.507 e. The zero-order chi connectivity index (χ0) is 31.2. The van der Waals surface area contributed by atoms with Gasteiger partial charge in [0, 0.05) is 23.8 Å². The van der Waals surface area contributed by atoms with Crippen LogP contribution in [0.5, 0.6) is 23.0 Å². The van der Waals surface area contributed by atoms with Gasteiger partial charge in [-0.2, -0.15) is 0 Å². The van der Waals surface area contributed by atoms with E-state index in [4.69, 9.17) is 28.1 Å². The number of hydrogen-bond donors (Lipinski definition) is 8. The molecule has 15 nitrogen and oxygen atoms in total. The molecule has 0 saturated carbocycles. The van der Waals surface area contributed by atoms with Crippen molar-refractivity contribution in [3.8, 4) is 34.3 Å². The first-order chi connectivity index (χ1) is 20.4. The number of hydrogen-bond acceptors (Lipinski definition) is 15. The van der Waals surface area contributed by atoms with Crippen LogP contribution in [-0.4, -0.2) is 116 Å². The fourth-order valence-corrected chi connectivity index (χ4v) is 4.92. The Labute approximate surface area is 243 Å². The number of ether oxygens (including phenoxy) is 5. The number of fused-ring (bicyclic) bond motifs is 1. The molecule has 10 atom stereocenters. The number of phenolic OH excluding ortho intramolecular Hbond substituents is 2. The Morgan fingerprint density at radius 1 is 0.791 bits per heavy atom. The Balaban J connectivity index is 1.36. The molecule has 3 heterocycles. The van der Waals surface area contributed by atoms with E-state index in [0.717, 1.165) is 12.1 Å². The van der Waals surface area contributed by atoms with E-state index >= 15 is 0 Å². The molecule has 2 aliphatic heterocycles. The first-order valence-electron chi connectivity index (χ1n) is 13.3. The molecule has 234 valence electrons. The normalized spacial score (nSPS) is 32.9. The number of methoxy groups -OCH3 is 1. The molecule has 43 heavy (non-hydrogen) atoms. The molecule has 3 aromatic rings. The van der Waals surface area contributed by atoms with Gasteiger partial charge in [-0.1, -0.05) is 0 Å². The molecule has 0 spiro atoms. The summed E-state index contributed by atoms with van der Waals surface area (Å²) in [5.74, 6) is -0.605. The predicted octanol–water partition coefficient (Wildman–Crippen LogP) is -1.09. The third-order valence-electron chi connectivity index (χ3n) is 7.40. The minimum atomic E-state index is -1.78. The molecule has 1 aromatic heterocycles. The van der Waals surface area contributed by atoms with E-state index in [1.165, 1.54) is 32.2 Å². The van der Waals surface area contributed by atoms with E-state index < -0.39 is 79.2 Å². The van der Waals surface area contributed by atoms with E-state index in [1.54, 1.807) is 6.07 Å². The average Bonchev–Trinajstić information content (AvgIpc) is 2.97. The van der Waals surface area contributed by atoms with Crippen molar-refractivity contribution in [2.75, 3.05) is 13.7 Å². The van der Waals surface area contributed by atoms with Crippen molar-refractivity contribution in [1.82, 2.24) is 0 Å². The molecule has 2 aliphatic rings. The van der Waals surface area contributed by atoms with Crippen molar-refractivity contribution < 1.29 is 69.0 Å². The topological polar surface area (TPSA) is 238 Å². The van der Waals surface area contributed by atoms with Gasteiger partial charge in [0.05, 0.1) is 19.8 Å². The van der Waals surface area contributed by atoms with Gasteiger partial charge < -0.3 is 69.0 Å². The number of benzene rings is 2. The average molecular weight is 609 g/mol. The molecular formula is C28H32O15. The quantitative estimate of drug-likeness (QED) is 0.159. The van der Waals surface area contributed by atoms with Gasteiger partial charge in [0.25, 0.3) is 0 Å². The molecule has 8 N–H and O–H groups in total. The Morgan fingerprint density at radius 2 is 1.49 bits per heavy atom. The Bertz CT molecular complexity index is 1510. The molecule has 0 amide bonds. The zero-order valence-corrected chi connectivity index (χ0v) is 22.9. The SMILES string of the molecule is COc1ccc(-c2cc(=O)c3c(O)cc(O[C@H]4O[C@H](CO[C@@H]5O[C@@H](C)[C@@H](O)[C@@H](O)[C@@H]5O)[C@@H](O)[C@@H](O)[C@@H]4O)cc3o2)cc1O. The van der Waals surface area contributed by atoms with Gasteiger partial charge in [-0.15, -0.1) is 0 Å². The first-order valence-corrected chi connectivity index (χ1v) is 13.3. The lowest BCUT2D eigenvalue weighted by Gasteiger charge is -2.42. The molecule has 0 bridgehead atoms. The molecule has 2 fully saturated rings. The van der Waals surface area contributed by atoms with Crippen LogP contribution in [0, 0.1) is 0 Å². The summed E-state index contributed by atoms with van der Waals surface area (Å²) in [7, 11) is 1.38. The van der Waals surface area contributed by atoms with Crippen LogP contribution in [0.2, 0.25) is 0 Å². The summed E-state index contributed by atoms with van der Waals surface area (Å²) < 4.78 is 32.9. The highest BCUT2D eigenvalue weighted by atomic mass is 16.7. The second-order valence-corrected chi connectivity index (χ2v) is 10.3. The van der Waals surface area contributed by atoms with Crippen LogP contribution in [0.15, 0.2) is 45.6 Å². The third-order valence-corrected chi connectivity index (χ3v) is 7.40. The zero-order valence-electron chi connectivity index (χ0n) is 22.9. The monoisotopic (exact) mass is 608 g/mol. The van der Waals surface area contributed by atoms with E-state index in [-0.39, 0.29) is 34.0 Å². The van der Waals surface area contributed by atoms with Crippen LogP contribution in [0.25, 0.3) is 22.3 Å². The van der Waals surface area contributed by atoms with E-state index in [0.29, 0.717) is 5.56 Å². The van der Waals surface area contributed by atoms with E-state index in [9.17, 15) is 45.6 Å². The highest BCUT2D eigenvalue weighted by Gasteiger charge is 2.47. The van der Waals surface area contributed by atoms with Crippen LogP contribution in [0.3, 0.4) is 0 Å². The van der Waals surface area contributed by atoms with Gasteiger partial charge in [-0.3, -0.25) is 4.79 Å². The maximum atomic E-state index is 12.8. The molecule has 0 aliphatic carbocycles. The van der Waals surface area contributed by atoms with Crippen LogP contribution in [0.4, 0.5) is 0 Å². The van der Waals surface area contributed by atoms with Gasteiger partial charge in [-0.05, 0) is 25.1 Å². The highest BCUT2D eigenvalue weighted by molar-refractivity contribution is 5.86. The van der Waals surface area contributed by atoms with E-state index in [1.807, 2.05) is 0 Å². The number of rotatable bonds is 7. The number of aliphatic hydroxyl groups is 6. The summed E-state index contributed by atoms with van der Waals surface area (Å²) >= 11 is 0. The lowest BCUT2D eigenvalue weighted by Crippen LogP contribution is -2.61. The smallest absolute Gasteiger partial charge is 0.229 e. The van der Waals surface area contributed by atoms with E-state index in [2.05, 4.69) is 0 Å². The summed E-state index contributed by atoms with van der Waals surface area (Å²) in [6.45, 7) is 0.953. The predicted molar refractivity (Wildman–Crippen MR) is 143 cm³/mol. The lowest BCUT2D eigenvalue weighted by atomic mass is 9.98. The van der Waals surface area contributed by atoms with Crippen LogP contribution < -0.4 is 14.9 Å². The van der Waals surface area contributed by atoms with Gasteiger partial charge in [0.1, 0.15) is 71.0 Å². The number of aromatic hydroxyl groups is 2. The summed E-state index contributed by atoms with van der Waals surface area (Å²) in [6, 6.07) is 7.78. The Morgan fingerprint density at radius 3 is 2.19 bits per heavy atom. The summed E-state index contributed by atoms with van der Waals surface area (Å²) in [6.07, 6.45) is -15.0. The lowest BCUT2D eigenvalue weighted by molar-refractivity contribution is -0.318. The minimum absolute atomic E-state index is 0.0517. The van der Waals surface area contributed by atoms with Crippen LogP contribution >= 0.6 is 0 Å². The van der Waals surface area contributed by atoms with Gasteiger partial charge in [0.2, 0.25) is 6.29 Å². The second kappa shape index (κ2) is 12.2. The fraction of sp³-hybridized carbons (Fsp3) is 0.464. The number of phenols is 2. The fourth-order valence-electron chi connectivity index (χ4n) is 4.92. The van der Waals surface area contributed by atoms with Crippen molar-refractivity contribution in [1.29, 1.82) is 0 Å². The second-order valence-electron chi connectivity index (χ2n) is 10.3. The van der Waals surface area contributed by atoms with Crippen molar-refractivity contribution in [2.24, 2.45) is 0 Å². The molecule has 15 heteroatoms. The summed E-state index contributed by atoms with van der Waals surface area (Å²) in [5, 5.41) is 82.0. The molecular weight excluding hydrogens is 576 g/mol. The van der Waals surface area contributed by atoms with Crippen molar-refractivity contribution in [2.45, 2.75) is 68.3 Å². The Hall–Kier alpha value is -3.51. The van der Waals surface area contributed by atoms with Crippen LogP contribution in [-0.2, 0) is 14.2 Å². The van der Waals surface area contributed by atoms with Gasteiger partial charge in [0.15, 0.2) is 23.2 Å². The Kier molecular flexibility index (Phi) is 8.80. The molecule has 5 rings (SSSR count). The number of aliphatic hydroxyl groups excluding tert-OH is 6. The molecule has 2 saturated heterocycles. The summed E-state index contributed by atoms with van der Waals surface area (Å²) in [5.41, 5.74) is -0.381. The maximum absolute atomic E-state index is 12.8. The maximum Gasteiger partial charge on any atom is 0.229 e. The highest BCUT2D eigenvalue weighted by Crippen LogP contribution is 2.35. The van der Waals surface area contributed by atoms with Gasteiger partial charge >= 0.3 is 0 Å². The largest absolute Gasteiger partial charge is 0.507 e. The molecule has 2 aromatic carbocycles. The van der Waals surface area contributed by atoms with Crippen molar-refractivity contribution >= 4 is 11.0 Å².